The molecule has 0 radical (unpaired) electrons. The summed E-state index contributed by atoms with van der Waals surface area (Å²) in [5, 5.41) is 3.61. The van der Waals surface area contributed by atoms with Crippen molar-refractivity contribution in [3.05, 3.63) is 29.8 Å². The monoisotopic (exact) mass is 235 g/mol. The average molecular weight is 235 g/mol. The number of nitrogens with one attached hydrogen (secondary N) is 1. The Labute approximate surface area is 103 Å². The van der Waals surface area contributed by atoms with Crippen LogP contribution in [0.5, 0.6) is 5.75 Å². The molecule has 1 aliphatic heterocycles. The van der Waals surface area contributed by atoms with Gasteiger partial charge in [0.05, 0.1) is 13.2 Å². The summed E-state index contributed by atoms with van der Waals surface area (Å²) >= 11 is 0. The zero-order valence-corrected chi connectivity index (χ0v) is 10.8. The average Bonchev–Trinajstić information content (AvgIpc) is 2.75. The van der Waals surface area contributed by atoms with Crippen molar-refractivity contribution in [3.63, 3.8) is 0 Å². The van der Waals surface area contributed by atoms with Gasteiger partial charge in [-0.2, -0.15) is 0 Å². The first kappa shape index (κ1) is 12.4. The van der Waals surface area contributed by atoms with E-state index in [1.807, 2.05) is 18.2 Å². The minimum atomic E-state index is 0.278. The summed E-state index contributed by atoms with van der Waals surface area (Å²) in [6.45, 7) is 5.15. The number of methoxy groups -OCH3 is 1. The largest absolute Gasteiger partial charge is 0.496 e. The van der Waals surface area contributed by atoms with Gasteiger partial charge < -0.3 is 14.8 Å². The van der Waals surface area contributed by atoms with Crippen molar-refractivity contribution in [2.24, 2.45) is 0 Å². The van der Waals surface area contributed by atoms with Crippen molar-refractivity contribution in [1.82, 2.24) is 5.32 Å². The molecule has 2 rings (SSSR count). The zero-order valence-electron chi connectivity index (χ0n) is 10.8. The van der Waals surface area contributed by atoms with Gasteiger partial charge in [0.25, 0.3) is 0 Å². The maximum atomic E-state index is 5.56. The van der Waals surface area contributed by atoms with Crippen LogP contribution in [-0.2, 0) is 4.74 Å². The van der Waals surface area contributed by atoms with Crippen LogP contribution in [0, 0.1) is 0 Å². The third kappa shape index (κ3) is 2.79. The van der Waals surface area contributed by atoms with E-state index in [1.165, 1.54) is 5.56 Å². The third-order valence-electron chi connectivity index (χ3n) is 3.45. The maximum Gasteiger partial charge on any atom is 0.123 e. The van der Waals surface area contributed by atoms with Crippen LogP contribution in [-0.4, -0.2) is 25.9 Å². The van der Waals surface area contributed by atoms with Crippen molar-refractivity contribution in [2.45, 2.75) is 38.5 Å². The fourth-order valence-electron chi connectivity index (χ4n) is 2.39. The summed E-state index contributed by atoms with van der Waals surface area (Å²) in [5.41, 5.74) is 1.20. The first-order valence-electron chi connectivity index (χ1n) is 6.23. The Morgan fingerprint density at radius 2 is 2.18 bits per heavy atom. The molecule has 3 heteroatoms. The van der Waals surface area contributed by atoms with Gasteiger partial charge in [0.1, 0.15) is 5.75 Å². The van der Waals surface area contributed by atoms with Crippen molar-refractivity contribution in [1.29, 1.82) is 0 Å². The highest BCUT2D eigenvalue weighted by atomic mass is 16.5. The quantitative estimate of drug-likeness (QED) is 0.870. The molecular weight excluding hydrogens is 214 g/mol. The van der Waals surface area contributed by atoms with E-state index in [4.69, 9.17) is 9.47 Å². The van der Waals surface area contributed by atoms with Gasteiger partial charge in [0.15, 0.2) is 0 Å². The summed E-state index contributed by atoms with van der Waals surface area (Å²) in [4.78, 5) is 0. The minimum absolute atomic E-state index is 0.278. The Morgan fingerprint density at radius 3 is 2.82 bits per heavy atom. The van der Waals surface area contributed by atoms with Crippen LogP contribution in [0.15, 0.2) is 24.3 Å². The molecule has 0 bridgehead atoms. The Hall–Kier alpha value is -1.06. The molecule has 0 aliphatic carbocycles. The molecule has 1 aromatic carbocycles. The fourth-order valence-corrected chi connectivity index (χ4v) is 2.39. The first-order chi connectivity index (χ1) is 8.22. The predicted molar refractivity (Wildman–Crippen MR) is 68.4 cm³/mol. The van der Waals surface area contributed by atoms with Crippen LogP contribution in [0.2, 0.25) is 0 Å². The highest BCUT2D eigenvalue weighted by Gasteiger charge is 2.26. The van der Waals surface area contributed by atoms with E-state index >= 15 is 0 Å². The smallest absolute Gasteiger partial charge is 0.123 e. The highest BCUT2D eigenvalue weighted by molar-refractivity contribution is 5.35. The molecule has 17 heavy (non-hydrogen) atoms. The van der Waals surface area contributed by atoms with E-state index in [2.05, 4.69) is 25.2 Å². The summed E-state index contributed by atoms with van der Waals surface area (Å²) in [5.74, 6) is 0.944. The molecule has 0 saturated carbocycles. The lowest BCUT2D eigenvalue weighted by atomic mass is 10.0. The van der Waals surface area contributed by atoms with Crippen LogP contribution >= 0.6 is 0 Å². The SMILES string of the molecule is COc1ccccc1[C@H](C)NC1CCOC1C. The maximum absolute atomic E-state index is 5.56. The predicted octanol–water partition coefficient (Wildman–Crippen LogP) is 2.52. The molecule has 0 amide bonds. The lowest BCUT2D eigenvalue weighted by Crippen LogP contribution is -2.36. The molecule has 2 unspecified atom stereocenters. The number of benzene rings is 1. The molecule has 1 N–H and O–H groups in total. The van der Waals surface area contributed by atoms with Gasteiger partial charge in [-0.3, -0.25) is 0 Å². The molecule has 3 nitrogen and oxygen atoms in total. The fraction of sp³-hybridized carbons (Fsp3) is 0.571. The van der Waals surface area contributed by atoms with Crippen LogP contribution in [0.1, 0.15) is 31.9 Å². The van der Waals surface area contributed by atoms with E-state index < -0.39 is 0 Å². The molecule has 1 fully saturated rings. The Bertz CT molecular complexity index is 367. The summed E-state index contributed by atoms with van der Waals surface area (Å²) in [6.07, 6.45) is 1.38. The standard InChI is InChI=1S/C14H21NO2/c1-10(15-13-8-9-17-11(13)2)12-6-4-5-7-14(12)16-3/h4-7,10-11,13,15H,8-9H2,1-3H3/t10-,11?,13?/m0/s1. The van der Waals surface area contributed by atoms with Crippen LogP contribution in [0.3, 0.4) is 0 Å². The van der Waals surface area contributed by atoms with Crippen molar-refractivity contribution in [2.75, 3.05) is 13.7 Å². The first-order valence-corrected chi connectivity index (χ1v) is 6.23. The second kappa shape index (κ2) is 5.52. The molecule has 1 aromatic rings. The van der Waals surface area contributed by atoms with Crippen LogP contribution < -0.4 is 10.1 Å². The number of hydrogen-bond acceptors (Lipinski definition) is 3. The number of hydrogen-bond donors (Lipinski definition) is 1. The van der Waals surface area contributed by atoms with E-state index in [0.717, 1.165) is 18.8 Å². The van der Waals surface area contributed by atoms with Gasteiger partial charge in [-0.15, -0.1) is 0 Å². The van der Waals surface area contributed by atoms with Crippen LogP contribution in [0.25, 0.3) is 0 Å². The van der Waals surface area contributed by atoms with Crippen LogP contribution in [0.4, 0.5) is 0 Å². The topological polar surface area (TPSA) is 30.5 Å². The molecule has 3 atom stereocenters. The van der Waals surface area contributed by atoms with Gasteiger partial charge in [-0.1, -0.05) is 18.2 Å². The Morgan fingerprint density at radius 1 is 1.41 bits per heavy atom. The molecule has 1 heterocycles. The number of para-hydroxylation sites is 1. The lowest BCUT2D eigenvalue weighted by Gasteiger charge is -2.23. The van der Waals surface area contributed by atoms with Gasteiger partial charge in [-0.05, 0) is 26.3 Å². The van der Waals surface area contributed by atoms with E-state index in [0.29, 0.717) is 12.1 Å². The molecule has 94 valence electrons. The summed E-state index contributed by atoms with van der Waals surface area (Å²) in [6, 6.07) is 8.87. The zero-order chi connectivity index (χ0) is 12.3. The molecular formula is C14H21NO2. The summed E-state index contributed by atoms with van der Waals surface area (Å²) in [7, 11) is 1.72. The molecule has 1 aliphatic rings. The minimum Gasteiger partial charge on any atom is -0.496 e. The van der Waals surface area contributed by atoms with Crippen molar-refractivity contribution in [3.8, 4) is 5.75 Å². The van der Waals surface area contributed by atoms with E-state index in [1.54, 1.807) is 7.11 Å². The number of rotatable bonds is 4. The molecule has 1 saturated heterocycles. The Kier molecular flexibility index (Phi) is 4.02. The van der Waals surface area contributed by atoms with Gasteiger partial charge in [0, 0.05) is 24.3 Å². The summed E-state index contributed by atoms with van der Waals surface area (Å²) < 4.78 is 11.0. The van der Waals surface area contributed by atoms with Gasteiger partial charge >= 0.3 is 0 Å². The molecule has 0 aromatic heterocycles. The normalized spacial score (nSPS) is 25.8. The van der Waals surface area contributed by atoms with E-state index in [-0.39, 0.29) is 6.04 Å². The molecule has 0 spiro atoms. The Balaban J connectivity index is 2.06. The second-order valence-electron chi connectivity index (χ2n) is 4.60. The highest BCUT2D eigenvalue weighted by Crippen LogP contribution is 2.26. The third-order valence-corrected chi connectivity index (χ3v) is 3.45. The van der Waals surface area contributed by atoms with Crippen molar-refractivity contribution >= 4 is 0 Å². The van der Waals surface area contributed by atoms with E-state index in [9.17, 15) is 0 Å². The second-order valence-corrected chi connectivity index (χ2v) is 4.60. The van der Waals surface area contributed by atoms with Gasteiger partial charge in [0.2, 0.25) is 0 Å². The van der Waals surface area contributed by atoms with Gasteiger partial charge in [-0.25, -0.2) is 0 Å². The lowest BCUT2D eigenvalue weighted by molar-refractivity contribution is 0.111. The number of ether oxygens (including phenoxy) is 2. The van der Waals surface area contributed by atoms with Crippen molar-refractivity contribution < 1.29 is 9.47 Å².